The van der Waals surface area contributed by atoms with Crippen LogP contribution >= 0.6 is 72.9 Å². The number of rotatable bonds is 42. The maximum atomic E-state index is 11.2. The van der Waals surface area contributed by atoms with Gasteiger partial charge in [-0.3, -0.25) is 47.9 Å². The Morgan fingerprint density at radius 2 is 0.707 bits per heavy atom. The largest absolute Gasteiger partial charge is 0.481 e. The highest BCUT2D eigenvalue weighted by Crippen LogP contribution is 2.44. The minimum atomic E-state index is -0.979. The summed E-state index contributed by atoms with van der Waals surface area (Å²) in [5, 5.41) is 28.9. The van der Waals surface area contributed by atoms with Crippen LogP contribution in [0.3, 0.4) is 0 Å². The Balaban J connectivity index is -0.0000000850. The predicted octanol–water partition coefficient (Wildman–Crippen LogP) is 18.9. The smallest absolute Gasteiger partial charge is 0.320 e. The third-order valence-corrected chi connectivity index (χ3v) is 22.9. The average molecular weight is 1810 g/mol. The van der Waals surface area contributed by atoms with Crippen molar-refractivity contribution < 1.29 is 67.7 Å². The molecule has 686 valence electrons. The fourth-order valence-electron chi connectivity index (χ4n) is 7.84. The number of esters is 1. The Labute approximate surface area is 744 Å². The van der Waals surface area contributed by atoms with Crippen LogP contribution in [-0.2, 0) is 81.1 Å². The quantitative estimate of drug-likeness (QED) is 0.0169. The van der Waals surface area contributed by atoms with Crippen LogP contribution < -0.4 is 38.5 Å². The van der Waals surface area contributed by atoms with Gasteiger partial charge in [0.2, 0.25) is 0 Å². The summed E-state index contributed by atoms with van der Waals surface area (Å²) in [6.45, 7) is 54.1. The molecule has 0 saturated carbocycles. The van der Waals surface area contributed by atoms with Gasteiger partial charge in [0.25, 0.3) is 0 Å². The minimum absolute atomic E-state index is 0. The van der Waals surface area contributed by atoms with Crippen molar-refractivity contribution in [1.82, 2.24) is 21.3 Å². The second-order valence-corrected chi connectivity index (χ2v) is 33.7. The van der Waals surface area contributed by atoms with Crippen LogP contribution in [-0.4, -0.2) is 210 Å². The number of hydrogen-bond acceptors (Lipinski definition) is 26. The van der Waals surface area contributed by atoms with E-state index >= 15 is 0 Å². The minimum Gasteiger partial charge on any atom is -0.481 e. The van der Waals surface area contributed by atoms with Crippen molar-refractivity contribution >= 4 is 161 Å². The lowest BCUT2D eigenvalue weighted by molar-refractivity contribution is -0.141. The zero-order valence-electron chi connectivity index (χ0n) is 77.8. The Bertz CT molecular complexity index is 2490. The SMILES string of the molecule is C.CC.CC.CC.CC.CC.CC.CC.CC(=O)OCC1c2ccccc2-c2ccccc21.CC(C)=O.CC(C)CCSC[C@H](C)C(=O)O.CC[C@@H](CCSC[C@H](NC)C(C)=O)C(C)=O.CN.CN[C@@H](CSCC[C@H](C)C(C)=O)C(C)=O.CN[C@@H](CSCC[C@H](N)C(=O)O)C(C)=O.CN[C@@H](CSCC[C@H](N)C(C)=O)C(C)=O.S=PP=S. The van der Waals surface area contributed by atoms with Crippen LogP contribution in [0.1, 0.15) is 264 Å². The first kappa shape index (κ1) is 144. The number of aliphatic carboxylic acids is 2. The molecule has 116 heavy (non-hydrogen) atoms. The summed E-state index contributed by atoms with van der Waals surface area (Å²) < 4.78 is 5.20. The van der Waals surface area contributed by atoms with E-state index in [2.05, 4.69) is 88.7 Å². The highest BCUT2D eigenvalue weighted by molar-refractivity contribution is 8.40. The van der Waals surface area contributed by atoms with Gasteiger partial charge >= 0.3 is 17.9 Å². The molecule has 1 aliphatic rings. The van der Waals surface area contributed by atoms with Crippen molar-refractivity contribution in [2.45, 2.75) is 289 Å². The number of ketones is 8. The molecule has 0 saturated heterocycles. The molecule has 0 unspecified atom stereocenters. The van der Waals surface area contributed by atoms with Gasteiger partial charge in [-0.1, -0.05) is 188 Å². The fraction of sp³-hybridized carbons (Fsp3) is 0.733. The highest BCUT2D eigenvalue weighted by Gasteiger charge is 2.29. The van der Waals surface area contributed by atoms with Gasteiger partial charge in [-0.05, 0) is 217 Å². The van der Waals surface area contributed by atoms with Crippen LogP contribution in [0.2, 0.25) is 0 Å². The number of carbonyl (C=O) groups excluding carboxylic acids is 9. The molecule has 1 aliphatic carbocycles. The number of Topliss-reactive ketones (excluding diaryl/α,β-unsaturated/α-hetero) is 8. The average Bonchev–Trinajstić information content (AvgIpc) is 1.62. The van der Waals surface area contributed by atoms with Crippen molar-refractivity contribution in [3.05, 3.63) is 59.7 Å². The van der Waals surface area contributed by atoms with Gasteiger partial charge in [0, 0.05) is 67.5 Å². The predicted molar refractivity (Wildman–Crippen MR) is 526 cm³/mol. The first-order valence-corrected chi connectivity index (χ1v) is 50.8. The molecule has 0 spiro atoms. The molecular formula is C86H171N7O14P2S7. The van der Waals surface area contributed by atoms with Crippen LogP contribution in [0.25, 0.3) is 11.1 Å². The molecule has 2 aromatic carbocycles. The number of carboxylic acids is 2. The first-order chi connectivity index (χ1) is 54.4. The van der Waals surface area contributed by atoms with Crippen molar-refractivity contribution in [2.24, 2.45) is 40.9 Å². The lowest BCUT2D eigenvalue weighted by atomic mass is 9.98. The lowest BCUT2D eigenvalue weighted by Crippen LogP contribution is -2.35. The molecule has 0 bridgehead atoms. The van der Waals surface area contributed by atoms with Crippen LogP contribution in [0.15, 0.2) is 48.5 Å². The van der Waals surface area contributed by atoms with E-state index in [1.54, 1.807) is 117 Å². The van der Waals surface area contributed by atoms with E-state index in [0.29, 0.717) is 31.0 Å². The van der Waals surface area contributed by atoms with Gasteiger partial charge in [0.15, 0.2) is 0 Å². The number of fused-ring (bicyclic) bond motifs is 3. The van der Waals surface area contributed by atoms with Gasteiger partial charge in [0.05, 0.1) is 36.1 Å². The topological polar surface area (TPSA) is 364 Å². The maximum Gasteiger partial charge on any atom is 0.320 e. The lowest BCUT2D eigenvalue weighted by Gasteiger charge is -2.14. The molecule has 0 radical (unpaired) electrons. The molecule has 9 atom stereocenters. The van der Waals surface area contributed by atoms with Crippen molar-refractivity contribution in [3.8, 4) is 11.1 Å². The van der Waals surface area contributed by atoms with E-state index in [-0.39, 0.29) is 114 Å². The molecule has 0 fully saturated rings. The first-order valence-electron chi connectivity index (χ1n) is 40.5. The Kier molecular flexibility index (Phi) is 137. The second kappa shape index (κ2) is 110. The summed E-state index contributed by atoms with van der Waals surface area (Å²) in [7, 11) is 10.3. The number of nitrogens with one attached hydrogen (secondary N) is 4. The van der Waals surface area contributed by atoms with E-state index in [1.807, 2.05) is 135 Å². The number of benzene rings is 2. The molecule has 30 heteroatoms. The molecule has 2 aromatic rings. The monoisotopic (exact) mass is 1810 g/mol. The Morgan fingerprint density at radius 1 is 0.422 bits per heavy atom. The number of hydrogen-bond donors (Lipinski definition) is 9. The number of ether oxygens (including phenoxy) is 1. The molecule has 0 amide bonds. The van der Waals surface area contributed by atoms with Crippen LogP contribution in [0.5, 0.6) is 0 Å². The summed E-state index contributed by atoms with van der Waals surface area (Å²) in [5.41, 5.74) is 20.4. The number of carboxylic acid groups (broad SMARTS) is 2. The molecule has 3 rings (SSSR count). The Hall–Kier alpha value is -3.28. The van der Waals surface area contributed by atoms with E-state index < -0.39 is 18.0 Å². The van der Waals surface area contributed by atoms with Crippen LogP contribution in [0, 0.1) is 23.7 Å². The van der Waals surface area contributed by atoms with E-state index in [1.165, 1.54) is 82.1 Å². The second-order valence-electron chi connectivity index (χ2n) is 23.7. The number of likely N-dealkylation sites (N-methyl/N-ethyl adjacent to an activating group) is 4. The summed E-state index contributed by atoms with van der Waals surface area (Å²) in [6.07, 6.45) is 5.01. The van der Waals surface area contributed by atoms with Gasteiger partial charge in [0.1, 0.15) is 58.9 Å². The van der Waals surface area contributed by atoms with Gasteiger partial charge in [-0.15, -0.1) is 0 Å². The summed E-state index contributed by atoms with van der Waals surface area (Å²) in [6, 6.07) is 15.1. The normalized spacial score (nSPS) is 12.0. The third kappa shape index (κ3) is 96.2. The van der Waals surface area contributed by atoms with E-state index in [0.717, 1.165) is 85.3 Å². The Morgan fingerprint density at radius 3 is 0.948 bits per heavy atom. The number of carbonyl (C=O) groups is 11. The van der Waals surface area contributed by atoms with Gasteiger partial charge < -0.3 is 58.2 Å². The van der Waals surface area contributed by atoms with Crippen molar-refractivity contribution in [2.75, 3.05) is 99.4 Å². The standard InChI is InChI=1S/C16H14O2.C12H23NO2S.C11H21NO2S.C10H20N2O2S.C9H18N2O3S.C9H18O2S.C3H6O.7C2H6.CH5N.CH4.P2S2/c1-11(17)18-10-16-14-8-4-2-6-12(14)13-7-3-5-9-15(13)16;1-5-11(9(2)14)6-7-16-8-12(13-4)10(3)15;1-8(9(2)13)5-6-15-7-11(12-4)10(3)14;1-7(13)9(11)4-5-15-6-10(12-3)8(2)14;1-6(12)8(11-2)5-15-4-3-7(10)9(13)14;1-7(2)4-5-12-6-8(3)9(10)11;1-3(2)4;8*1-2;;3-1-2-4/h2-9,16H,10H2,1H3;11-13H,5-8H2,1-4H3;8,11-12H,5-7H2,1-4H3;9-10,12H,4-6,11H2,1-3H3;7-8,11H,3-5,10H2,1-2H3,(H,13,14);7-8H,4-6H2,1-3H3,(H,10,11);1-2H3;7*1-2H3;2H2,1H3;1H4;/t;11-,12-;8-,11-;9-,10-;7-,8-;8-;;;;;;;;;;;/m.00000.........../s1. The van der Waals surface area contributed by atoms with E-state index in [9.17, 15) is 52.7 Å². The molecule has 0 aliphatic heterocycles. The van der Waals surface area contributed by atoms with Crippen molar-refractivity contribution in [3.63, 3.8) is 0 Å². The third-order valence-electron chi connectivity index (χ3n) is 14.6. The molecular weight excluding hydrogens is 1640 g/mol. The van der Waals surface area contributed by atoms with Gasteiger partial charge in [-0.2, -0.15) is 58.8 Å². The summed E-state index contributed by atoms with van der Waals surface area (Å²) >= 11 is 17.2. The van der Waals surface area contributed by atoms with E-state index in [4.69, 9.17) is 26.4 Å². The zero-order chi connectivity index (χ0) is 93.2. The van der Waals surface area contributed by atoms with Gasteiger partial charge in [-0.25, -0.2) is 0 Å². The van der Waals surface area contributed by atoms with Crippen LogP contribution in [0.4, 0.5) is 0 Å². The summed E-state index contributed by atoms with van der Waals surface area (Å²) in [5.74, 6) is 8.54. The van der Waals surface area contributed by atoms with Crippen molar-refractivity contribution in [1.29, 1.82) is 0 Å². The molecule has 21 nitrogen and oxygen atoms in total. The highest BCUT2D eigenvalue weighted by atomic mass is 32.7. The maximum absolute atomic E-state index is 11.2. The summed E-state index contributed by atoms with van der Waals surface area (Å²) in [4.78, 5) is 119. The number of thioether (sulfide) groups is 5. The number of nitrogens with two attached hydrogens (primary N) is 3. The molecule has 0 heterocycles. The molecule has 0 aromatic heterocycles. The fourth-order valence-corrected chi connectivity index (χ4v) is 14.2. The molecule has 12 N–H and O–H groups in total. The zero-order valence-corrected chi connectivity index (χ0v) is 85.3.